The summed E-state index contributed by atoms with van der Waals surface area (Å²) in [5.74, 6) is -2.30. The van der Waals surface area contributed by atoms with Crippen LogP contribution in [0.5, 0.6) is 5.75 Å². The Hall–Kier alpha value is -4.82. The van der Waals surface area contributed by atoms with Gasteiger partial charge in [0.2, 0.25) is 23.6 Å². The van der Waals surface area contributed by atoms with Crippen LogP contribution >= 0.6 is 11.8 Å². The van der Waals surface area contributed by atoms with Crippen LogP contribution in [-0.2, 0) is 63.7 Å². The van der Waals surface area contributed by atoms with E-state index in [0.29, 0.717) is 29.7 Å². The van der Waals surface area contributed by atoms with Crippen molar-refractivity contribution < 1.29 is 66.7 Å². The number of esters is 2. The van der Waals surface area contributed by atoms with Crippen molar-refractivity contribution in [2.75, 3.05) is 98.1 Å². The number of amides is 4. The number of nitrogens with one attached hydrogen (secondary N) is 2. The summed E-state index contributed by atoms with van der Waals surface area (Å²) in [4.78, 5) is 87.3. The first-order chi connectivity index (χ1) is 28.1. The van der Waals surface area contributed by atoms with Crippen molar-refractivity contribution in [1.82, 2.24) is 20.1 Å². The molecule has 58 heavy (non-hydrogen) atoms. The van der Waals surface area contributed by atoms with E-state index >= 15 is 0 Å². The molecule has 18 nitrogen and oxygen atoms in total. The number of benzene rings is 1. The molecule has 1 saturated heterocycles. The summed E-state index contributed by atoms with van der Waals surface area (Å²) >= 11 is 1.10. The molecule has 1 aromatic carbocycles. The van der Waals surface area contributed by atoms with Gasteiger partial charge in [-0.05, 0) is 37.1 Å². The number of likely N-dealkylation sites (tertiary alicyclic amines) is 1. The lowest BCUT2D eigenvalue weighted by atomic mass is 10.1. The van der Waals surface area contributed by atoms with Gasteiger partial charge < -0.3 is 48.4 Å². The average Bonchev–Trinajstić information content (AvgIpc) is 3.71. The minimum absolute atomic E-state index is 0.0134. The van der Waals surface area contributed by atoms with Gasteiger partial charge >= 0.3 is 11.9 Å². The summed E-state index contributed by atoms with van der Waals surface area (Å²) in [6.45, 7) is 8.83. The molecular formula is C39H54N4O14S. The van der Waals surface area contributed by atoms with Gasteiger partial charge in [0.05, 0.1) is 62.8 Å². The number of ketones is 1. The lowest BCUT2D eigenvalue weighted by Crippen LogP contribution is -2.35. The standard InChI is InChI=1S/C39H54N4O14S/c1-4-9-40-34(45)25-53-15-13-51-17-19-56-37(48)24-42-23-31(39(50)57-20-18-52-14-16-54-26-35(46)41-10-5-2)30-21-29(7-8-32(30)42)55-12-11-43-36(47)22-33(38(43)49)58-27-28(44)6-3/h6-8,21,23,33H,3-5,9-20,22,24-27H2,1-2H3,(H,40,45)(H,41,46). The van der Waals surface area contributed by atoms with Crippen molar-refractivity contribution in [2.24, 2.45) is 0 Å². The van der Waals surface area contributed by atoms with E-state index in [2.05, 4.69) is 17.2 Å². The molecule has 0 bridgehead atoms. The quantitative estimate of drug-likeness (QED) is 0.0476. The zero-order valence-electron chi connectivity index (χ0n) is 33.1. The second-order valence-electron chi connectivity index (χ2n) is 12.6. The zero-order chi connectivity index (χ0) is 42.1. The number of aromatic nitrogens is 1. The Balaban J connectivity index is 1.55. The fourth-order valence-electron chi connectivity index (χ4n) is 5.24. The summed E-state index contributed by atoms with van der Waals surface area (Å²) in [6.07, 6.45) is 4.28. The third-order valence-electron chi connectivity index (χ3n) is 8.12. The van der Waals surface area contributed by atoms with E-state index in [1.165, 1.54) is 16.8 Å². The van der Waals surface area contributed by atoms with Gasteiger partial charge in [-0.1, -0.05) is 20.4 Å². The number of imide groups is 1. The van der Waals surface area contributed by atoms with Crippen molar-refractivity contribution in [3.05, 3.63) is 42.6 Å². The molecule has 0 radical (unpaired) electrons. The van der Waals surface area contributed by atoms with Crippen molar-refractivity contribution in [3.8, 4) is 5.75 Å². The number of hydrogen-bond donors (Lipinski definition) is 2. The van der Waals surface area contributed by atoms with Crippen LogP contribution in [0.4, 0.5) is 0 Å². The zero-order valence-corrected chi connectivity index (χ0v) is 33.9. The highest BCUT2D eigenvalue weighted by molar-refractivity contribution is 8.01. The number of carbonyl (C=O) groups excluding carboxylic acids is 7. The van der Waals surface area contributed by atoms with Crippen LogP contribution in [0, 0.1) is 0 Å². The third kappa shape index (κ3) is 17.0. The second kappa shape index (κ2) is 27.0. The van der Waals surface area contributed by atoms with E-state index < -0.39 is 23.1 Å². The van der Waals surface area contributed by atoms with E-state index in [1.54, 1.807) is 18.2 Å². The number of fused-ring (bicyclic) bond motifs is 1. The Kier molecular flexibility index (Phi) is 22.1. The van der Waals surface area contributed by atoms with Gasteiger partial charge in [-0.15, -0.1) is 11.8 Å². The smallest absolute Gasteiger partial charge is 0.340 e. The number of rotatable bonds is 31. The Labute approximate surface area is 341 Å². The van der Waals surface area contributed by atoms with Crippen molar-refractivity contribution in [3.63, 3.8) is 0 Å². The fourth-order valence-corrected chi connectivity index (χ4v) is 6.26. The molecule has 1 aromatic heterocycles. The predicted molar refractivity (Wildman–Crippen MR) is 211 cm³/mol. The van der Waals surface area contributed by atoms with Crippen molar-refractivity contribution in [1.29, 1.82) is 0 Å². The molecule has 2 N–H and O–H groups in total. The number of carbonyl (C=O) groups is 7. The van der Waals surface area contributed by atoms with E-state index in [0.717, 1.165) is 29.5 Å². The Morgan fingerprint density at radius 1 is 0.828 bits per heavy atom. The average molecular weight is 835 g/mol. The van der Waals surface area contributed by atoms with Gasteiger partial charge in [0.25, 0.3) is 0 Å². The first-order valence-electron chi connectivity index (χ1n) is 19.1. The molecule has 19 heteroatoms. The molecule has 2 heterocycles. The minimum Gasteiger partial charge on any atom is -0.492 e. The molecule has 0 aliphatic carbocycles. The van der Waals surface area contributed by atoms with Gasteiger partial charge in [0, 0.05) is 36.6 Å². The van der Waals surface area contributed by atoms with Gasteiger partial charge in [0.1, 0.15) is 45.3 Å². The molecule has 320 valence electrons. The summed E-state index contributed by atoms with van der Waals surface area (Å²) in [6, 6.07) is 4.87. The summed E-state index contributed by atoms with van der Waals surface area (Å²) < 4.78 is 39.6. The van der Waals surface area contributed by atoms with E-state index in [1.807, 2.05) is 13.8 Å². The number of hydrogen-bond acceptors (Lipinski definition) is 15. The first kappa shape index (κ1) is 47.6. The Morgan fingerprint density at radius 3 is 2.05 bits per heavy atom. The van der Waals surface area contributed by atoms with Crippen LogP contribution < -0.4 is 15.4 Å². The van der Waals surface area contributed by atoms with Gasteiger partial charge in [-0.25, -0.2) is 4.79 Å². The number of thioether (sulfide) groups is 1. The number of allylic oxidation sites excluding steroid dienone is 1. The Bertz CT molecular complexity index is 1700. The Morgan fingerprint density at radius 2 is 1.43 bits per heavy atom. The monoisotopic (exact) mass is 834 g/mol. The van der Waals surface area contributed by atoms with Crippen LogP contribution in [0.1, 0.15) is 43.5 Å². The number of ether oxygens (including phenoxy) is 7. The minimum atomic E-state index is -0.688. The largest absolute Gasteiger partial charge is 0.492 e. The fraction of sp³-hybridized carbons (Fsp3) is 0.564. The highest BCUT2D eigenvalue weighted by Gasteiger charge is 2.38. The maximum atomic E-state index is 13.3. The van der Waals surface area contributed by atoms with Crippen LogP contribution in [0.25, 0.3) is 10.9 Å². The lowest BCUT2D eigenvalue weighted by molar-refractivity contribution is -0.146. The van der Waals surface area contributed by atoms with Crippen molar-refractivity contribution >= 4 is 64.0 Å². The first-order valence-corrected chi connectivity index (χ1v) is 20.2. The summed E-state index contributed by atoms with van der Waals surface area (Å²) in [5.41, 5.74) is 0.642. The van der Waals surface area contributed by atoms with Crippen LogP contribution in [-0.4, -0.2) is 154 Å². The van der Waals surface area contributed by atoms with Crippen LogP contribution in [0.3, 0.4) is 0 Å². The summed E-state index contributed by atoms with van der Waals surface area (Å²) in [7, 11) is 0. The molecular weight excluding hydrogens is 781 g/mol. The van der Waals surface area contributed by atoms with Crippen LogP contribution in [0.2, 0.25) is 0 Å². The lowest BCUT2D eigenvalue weighted by Gasteiger charge is -2.15. The normalized spacial score (nSPS) is 13.8. The summed E-state index contributed by atoms with van der Waals surface area (Å²) in [5, 5.41) is 5.17. The highest BCUT2D eigenvalue weighted by atomic mass is 32.2. The second-order valence-corrected chi connectivity index (χ2v) is 13.8. The molecule has 1 fully saturated rings. The molecule has 1 atom stereocenters. The van der Waals surface area contributed by atoms with E-state index in [9.17, 15) is 33.6 Å². The van der Waals surface area contributed by atoms with E-state index in [4.69, 9.17) is 33.2 Å². The van der Waals surface area contributed by atoms with Gasteiger partial charge in [-0.3, -0.25) is 33.7 Å². The molecule has 2 aromatic rings. The molecule has 1 aliphatic rings. The molecule has 4 amide bonds. The SMILES string of the molecule is C=CC(=O)CSC1CC(=O)N(CCOc2ccc3c(c2)c(C(=O)OCCOCCOCC(=O)NCCC)cn3CC(=O)OCCOCCOCC(=O)NCCC)C1=O. The molecule has 1 unspecified atom stereocenters. The molecule has 0 saturated carbocycles. The molecule has 1 aliphatic heterocycles. The van der Waals surface area contributed by atoms with Crippen molar-refractivity contribution in [2.45, 2.75) is 44.9 Å². The molecule has 3 rings (SSSR count). The maximum absolute atomic E-state index is 13.3. The highest BCUT2D eigenvalue weighted by Crippen LogP contribution is 2.28. The third-order valence-corrected chi connectivity index (χ3v) is 9.34. The van der Waals surface area contributed by atoms with Gasteiger partial charge in [0.15, 0.2) is 5.78 Å². The number of nitrogens with zero attached hydrogens (tertiary/aromatic N) is 2. The van der Waals surface area contributed by atoms with E-state index in [-0.39, 0.29) is 127 Å². The predicted octanol–water partition coefficient (Wildman–Crippen LogP) is 1.45. The van der Waals surface area contributed by atoms with Crippen LogP contribution in [0.15, 0.2) is 37.1 Å². The molecule has 0 spiro atoms. The van der Waals surface area contributed by atoms with Gasteiger partial charge in [-0.2, -0.15) is 0 Å². The maximum Gasteiger partial charge on any atom is 0.340 e. The topological polar surface area (TPSA) is 216 Å².